The van der Waals surface area contributed by atoms with Gasteiger partial charge in [0, 0.05) is 31.6 Å². The van der Waals surface area contributed by atoms with Gasteiger partial charge in [-0.3, -0.25) is 24.5 Å². The first kappa shape index (κ1) is 45.5. The molecule has 0 saturated carbocycles. The Hall–Kier alpha value is -7.16. The van der Waals surface area contributed by atoms with Crippen LogP contribution in [0.4, 0.5) is 10.5 Å². The maximum absolute atomic E-state index is 14.0. The average Bonchev–Trinajstić information content (AvgIpc) is 3.73. The maximum atomic E-state index is 14.0. The molecule has 0 spiro atoms. The highest BCUT2D eigenvalue weighted by molar-refractivity contribution is 5.95. The molecule has 21 nitrogen and oxygen atoms in total. The van der Waals surface area contributed by atoms with E-state index in [1.165, 1.54) is 36.1 Å². The van der Waals surface area contributed by atoms with Crippen LogP contribution in [0.25, 0.3) is 0 Å². The molecular formula is C39H47N9O12. The number of hydrogen-bond donors (Lipinski definition) is 6. The van der Waals surface area contributed by atoms with Crippen molar-refractivity contribution in [2.45, 2.75) is 82.5 Å². The molecule has 320 valence electrons. The average molecular weight is 834 g/mol. The van der Waals surface area contributed by atoms with E-state index >= 15 is 0 Å². The Kier molecular flexibility index (Phi) is 17.2. The minimum atomic E-state index is -1.46. The van der Waals surface area contributed by atoms with Gasteiger partial charge in [0.1, 0.15) is 37.4 Å². The van der Waals surface area contributed by atoms with Crippen LogP contribution in [0.5, 0.6) is 0 Å². The quantitative estimate of drug-likeness (QED) is 0.0234. The maximum Gasteiger partial charge on any atom is 0.408 e. The van der Waals surface area contributed by atoms with Gasteiger partial charge in [0.25, 0.3) is 11.6 Å². The fraction of sp³-hybridized carbons (Fsp3) is 0.385. The van der Waals surface area contributed by atoms with Gasteiger partial charge in [-0.15, -0.1) is 0 Å². The van der Waals surface area contributed by atoms with Crippen LogP contribution in [0.3, 0.4) is 0 Å². The Balaban J connectivity index is 1.49. The largest absolute Gasteiger partial charge is 0.459 e. The van der Waals surface area contributed by atoms with Crippen molar-refractivity contribution in [2.24, 2.45) is 10.7 Å². The zero-order valence-electron chi connectivity index (χ0n) is 32.6. The van der Waals surface area contributed by atoms with Gasteiger partial charge < -0.3 is 41.2 Å². The Morgan fingerprint density at radius 3 is 2.10 bits per heavy atom. The third-order valence-corrected chi connectivity index (χ3v) is 9.26. The minimum Gasteiger partial charge on any atom is -0.459 e. The second kappa shape index (κ2) is 22.7. The van der Waals surface area contributed by atoms with Crippen molar-refractivity contribution < 1.29 is 48.5 Å². The molecular weight excluding hydrogens is 786 g/mol. The molecule has 0 bridgehead atoms. The van der Waals surface area contributed by atoms with Crippen molar-refractivity contribution in [1.82, 2.24) is 26.3 Å². The van der Waals surface area contributed by atoms with Gasteiger partial charge in [0.2, 0.25) is 17.7 Å². The summed E-state index contributed by atoms with van der Waals surface area (Å²) in [7, 11) is 0. The molecule has 1 fully saturated rings. The lowest BCUT2D eigenvalue weighted by Gasteiger charge is -2.31. The second-order valence-electron chi connectivity index (χ2n) is 13.7. The molecule has 0 unspecified atom stereocenters. The number of ether oxygens (including phenoxy) is 2. The SMILES string of the molecule is C[C@@H](O)[C@H](NC(=O)OCc1ccccc1)C(=O)N1CCC[C@H]1C(=O)N[C@@H](Cc1ccccc1)C(=O)N[C@@H](CCCN=C(N)N[N+](=O)[O-])C(=O)OCc1ccc([N+](=O)[O-])cc1. The molecule has 1 aliphatic rings. The Morgan fingerprint density at radius 2 is 1.48 bits per heavy atom. The molecule has 3 aromatic rings. The number of benzene rings is 3. The topological polar surface area (TPSA) is 300 Å². The summed E-state index contributed by atoms with van der Waals surface area (Å²) in [4.78, 5) is 94.1. The molecule has 0 aliphatic carbocycles. The van der Waals surface area contributed by atoms with E-state index in [1.807, 2.05) is 0 Å². The van der Waals surface area contributed by atoms with E-state index in [2.05, 4.69) is 20.9 Å². The standard InChI is InChI=1S/C39H47N9O12/c1-25(49)33(44-39(54)60-24-27-12-6-3-7-13-27)36(52)46-21-9-15-32(46)35(51)43-31(22-26-10-4-2-5-11-26)34(50)42-30(14-8-20-41-38(40)45-48(57)58)37(53)59-23-28-16-18-29(19-17-28)47(55)56/h2-7,10-13,16-19,25,30-33,49H,8-9,14-15,20-24H2,1H3,(H,42,50)(H,43,51)(H,44,54)(H3,40,41,45)/t25-,30+,31+,32+,33+/m1/s1. The highest BCUT2D eigenvalue weighted by Crippen LogP contribution is 2.21. The third kappa shape index (κ3) is 14.3. The van der Waals surface area contributed by atoms with Crippen LogP contribution in [-0.4, -0.2) is 99.1 Å². The van der Waals surface area contributed by atoms with Gasteiger partial charge in [0.15, 0.2) is 5.03 Å². The second-order valence-corrected chi connectivity index (χ2v) is 13.7. The summed E-state index contributed by atoms with van der Waals surface area (Å²) in [5.74, 6) is -3.60. The first-order valence-corrected chi connectivity index (χ1v) is 18.9. The number of nitrogens with one attached hydrogen (secondary N) is 4. The molecule has 4 rings (SSSR count). The van der Waals surface area contributed by atoms with Gasteiger partial charge >= 0.3 is 12.1 Å². The summed E-state index contributed by atoms with van der Waals surface area (Å²) >= 11 is 0. The number of guanidine groups is 1. The van der Waals surface area contributed by atoms with Gasteiger partial charge in [-0.1, -0.05) is 66.1 Å². The highest BCUT2D eigenvalue weighted by Gasteiger charge is 2.40. The summed E-state index contributed by atoms with van der Waals surface area (Å²) in [5, 5.41) is 39.1. The summed E-state index contributed by atoms with van der Waals surface area (Å²) in [6.45, 7) is 0.948. The van der Waals surface area contributed by atoms with Crippen molar-refractivity contribution in [3.63, 3.8) is 0 Å². The van der Waals surface area contributed by atoms with Gasteiger partial charge in [-0.25, -0.2) is 24.7 Å². The lowest BCUT2D eigenvalue weighted by atomic mass is 10.0. The number of non-ortho nitro benzene ring substituents is 1. The molecule has 60 heavy (non-hydrogen) atoms. The van der Waals surface area contributed by atoms with E-state index in [4.69, 9.17) is 15.2 Å². The number of alkyl carbamates (subject to hydrolysis) is 1. The van der Waals surface area contributed by atoms with E-state index in [9.17, 15) is 49.3 Å². The molecule has 3 aromatic carbocycles. The van der Waals surface area contributed by atoms with Crippen LogP contribution in [0.15, 0.2) is 89.9 Å². The number of carbonyl (C=O) groups is 5. The number of nitro groups is 2. The normalized spacial score (nSPS) is 15.7. The molecule has 7 N–H and O–H groups in total. The Bertz CT molecular complexity index is 1980. The summed E-state index contributed by atoms with van der Waals surface area (Å²) in [5.41, 5.74) is 8.78. The summed E-state index contributed by atoms with van der Waals surface area (Å²) in [6, 6.07) is 17.6. The Labute approximate surface area is 344 Å². The van der Waals surface area contributed by atoms with E-state index in [0.29, 0.717) is 23.1 Å². The molecule has 4 amide bonds. The number of aliphatic imine (C=N–C) groups is 1. The fourth-order valence-corrected chi connectivity index (χ4v) is 6.20. The fourth-order valence-electron chi connectivity index (χ4n) is 6.20. The molecule has 1 heterocycles. The van der Waals surface area contributed by atoms with Crippen molar-refractivity contribution in [3.05, 3.63) is 122 Å². The first-order chi connectivity index (χ1) is 28.7. The number of aliphatic hydroxyl groups excluding tert-OH is 1. The number of rotatable bonds is 20. The van der Waals surface area contributed by atoms with Crippen LogP contribution in [0, 0.1) is 20.2 Å². The number of carbonyl (C=O) groups excluding carboxylic acids is 5. The van der Waals surface area contributed by atoms with Crippen molar-refractivity contribution in [1.29, 1.82) is 0 Å². The molecule has 1 saturated heterocycles. The zero-order chi connectivity index (χ0) is 43.6. The monoisotopic (exact) mass is 833 g/mol. The van der Waals surface area contributed by atoms with E-state index in [-0.39, 0.29) is 57.7 Å². The van der Waals surface area contributed by atoms with E-state index in [1.54, 1.807) is 66.1 Å². The minimum absolute atomic E-state index is 0.0395. The van der Waals surface area contributed by atoms with E-state index in [0.717, 1.165) is 0 Å². The highest BCUT2D eigenvalue weighted by atomic mass is 16.7. The number of hydrogen-bond acceptors (Lipinski definition) is 13. The lowest BCUT2D eigenvalue weighted by Crippen LogP contribution is -2.59. The lowest BCUT2D eigenvalue weighted by molar-refractivity contribution is -0.525. The number of hydrazine groups is 1. The smallest absolute Gasteiger partial charge is 0.408 e. The Morgan fingerprint density at radius 1 is 0.867 bits per heavy atom. The summed E-state index contributed by atoms with van der Waals surface area (Å²) < 4.78 is 10.7. The van der Waals surface area contributed by atoms with Crippen molar-refractivity contribution in [3.8, 4) is 0 Å². The van der Waals surface area contributed by atoms with Crippen LogP contribution in [-0.2, 0) is 48.3 Å². The van der Waals surface area contributed by atoms with E-state index < -0.39 is 76.0 Å². The van der Waals surface area contributed by atoms with Crippen LogP contribution in [0.1, 0.15) is 49.3 Å². The molecule has 0 radical (unpaired) electrons. The predicted octanol–water partition coefficient (Wildman–Crippen LogP) is 1.39. The molecule has 21 heteroatoms. The third-order valence-electron chi connectivity index (χ3n) is 9.26. The van der Waals surface area contributed by atoms with Crippen LogP contribution >= 0.6 is 0 Å². The molecule has 0 aromatic heterocycles. The number of likely N-dealkylation sites (tertiary alicyclic amines) is 1. The number of aliphatic hydroxyl groups is 1. The number of amides is 4. The number of esters is 1. The summed E-state index contributed by atoms with van der Waals surface area (Å²) in [6.07, 6.45) is -1.76. The van der Waals surface area contributed by atoms with Gasteiger partial charge in [-0.2, -0.15) is 0 Å². The zero-order valence-corrected chi connectivity index (χ0v) is 32.6. The van der Waals surface area contributed by atoms with Gasteiger partial charge in [-0.05, 0) is 61.4 Å². The van der Waals surface area contributed by atoms with Crippen LogP contribution in [0.2, 0.25) is 0 Å². The number of nitrogens with two attached hydrogens (primary N) is 1. The van der Waals surface area contributed by atoms with Crippen LogP contribution < -0.4 is 27.1 Å². The van der Waals surface area contributed by atoms with Crippen molar-refractivity contribution >= 4 is 41.4 Å². The predicted molar refractivity (Wildman–Crippen MR) is 213 cm³/mol. The molecule has 1 aliphatic heterocycles. The van der Waals surface area contributed by atoms with Crippen molar-refractivity contribution in [2.75, 3.05) is 13.1 Å². The number of nitro benzene ring substituents is 1. The van der Waals surface area contributed by atoms with Gasteiger partial charge in [0.05, 0.1) is 11.0 Å². The number of nitrogens with zero attached hydrogens (tertiary/aromatic N) is 4. The molecule has 5 atom stereocenters. The first-order valence-electron chi connectivity index (χ1n) is 18.9.